The van der Waals surface area contributed by atoms with Crippen molar-refractivity contribution >= 4 is 40.8 Å². The van der Waals surface area contributed by atoms with Gasteiger partial charge in [-0.25, -0.2) is 4.98 Å². The summed E-state index contributed by atoms with van der Waals surface area (Å²) in [5.74, 6) is 1.15. The third-order valence-corrected chi connectivity index (χ3v) is 6.45. The third-order valence-electron chi connectivity index (χ3n) is 6.45. The van der Waals surface area contributed by atoms with E-state index in [9.17, 15) is 15.3 Å². The van der Waals surface area contributed by atoms with Gasteiger partial charge in [0.2, 0.25) is 5.91 Å². The van der Waals surface area contributed by atoms with Gasteiger partial charge in [-0.3, -0.25) is 9.20 Å². The van der Waals surface area contributed by atoms with E-state index in [0.29, 0.717) is 30.7 Å². The molecule has 7 nitrogen and oxygen atoms in total. The van der Waals surface area contributed by atoms with E-state index >= 15 is 0 Å². The molecule has 2 aliphatic heterocycles. The SMILES string of the molecule is CC(=O)N1CCc2c(c(N3CCC(C#N)CC3)n3c(nc4ccccc43)c2C#N)C1.Cl. The van der Waals surface area contributed by atoms with Gasteiger partial charge in [-0.2, -0.15) is 10.5 Å². The van der Waals surface area contributed by atoms with Gasteiger partial charge in [0, 0.05) is 44.6 Å². The molecule has 0 bridgehead atoms. The first-order chi connectivity index (χ1) is 14.6. The van der Waals surface area contributed by atoms with Gasteiger partial charge in [-0.15, -0.1) is 12.4 Å². The van der Waals surface area contributed by atoms with Gasteiger partial charge in [-0.1, -0.05) is 12.1 Å². The molecule has 1 amide bonds. The first-order valence-corrected chi connectivity index (χ1v) is 10.4. The topological polar surface area (TPSA) is 88.4 Å². The molecule has 8 heteroatoms. The minimum atomic E-state index is 0. The molecule has 2 aliphatic rings. The van der Waals surface area contributed by atoms with Crippen molar-refractivity contribution in [2.24, 2.45) is 5.92 Å². The van der Waals surface area contributed by atoms with E-state index in [4.69, 9.17) is 4.98 Å². The molecule has 2 aromatic heterocycles. The summed E-state index contributed by atoms with van der Waals surface area (Å²) in [5.41, 5.74) is 5.16. The first kappa shape index (κ1) is 21.0. The molecular formula is C23H23ClN6O. The quantitative estimate of drug-likeness (QED) is 0.585. The second kappa shape index (κ2) is 8.09. The molecule has 3 aromatic rings. The molecule has 0 unspecified atom stereocenters. The molecule has 0 spiro atoms. The zero-order valence-corrected chi connectivity index (χ0v) is 18.2. The van der Waals surface area contributed by atoms with E-state index in [1.165, 1.54) is 0 Å². The van der Waals surface area contributed by atoms with Crippen molar-refractivity contribution in [2.75, 3.05) is 24.5 Å². The number of carbonyl (C=O) groups is 1. The highest BCUT2D eigenvalue weighted by Gasteiger charge is 2.31. The van der Waals surface area contributed by atoms with Crippen LogP contribution in [-0.2, 0) is 17.8 Å². The molecule has 158 valence electrons. The van der Waals surface area contributed by atoms with E-state index in [-0.39, 0.29) is 24.2 Å². The summed E-state index contributed by atoms with van der Waals surface area (Å²) < 4.78 is 2.10. The average molecular weight is 435 g/mol. The number of halogens is 1. The predicted octanol–water partition coefficient (Wildman–Crippen LogP) is 3.43. The molecule has 1 saturated heterocycles. The second-order valence-electron chi connectivity index (χ2n) is 8.11. The van der Waals surface area contributed by atoms with E-state index in [0.717, 1.165) is 53.9 Å². The highest BCUT2D eigenvalue weighted by atomic mass is 35.5. The number of benzene rings is 1. The fraction of sp³-hybridized carbons (Fsp3) is 0.391. The molecule has 0 radical (unpaired) electrons. The van der Waals surface area contributed by atoms with Crippen LogP contribution in [0.15, 0.2) is 24.3 Å². The normalized spacial score (nSPS) is 16.5. The lowest BCUT2D eigenvalue weighted by molar-refractivity contribution is -0.129. The average Bonchev–Trinajstić information content (AvgIpc) is 3.16. The number of piperidine rings is 1. The van der Waals surface area contributed by atoms with Crippen molar-refractivity contribution in [2.45, 2.75) is 32.7 Å². The molecule has 1 aromatic carbocycles. The molecule has 0 atom stereocenters. The summed E-state index contributed by atoms with van der Waals surface area (Å²) in [6, 6.07) is 12.7. The predicted molar refractivity (Wildman–Crippen MR) is 120 cm³/mol. The van der Waals surface area contributed by atoms with E-state index in [1.807, 2.05) is 29.2 Å². The maximum Gasteiger partial charge on any atom is 0.219 e. The third kappa shape index (κ3) is 3.26. The summed E-state index contributed by atoms with van der Waals surface area (Å²) in [4.78, 5) is 21.1. The number of aromatic nitrogens is 2. The number of fused-ring (bicyclic) bond motifs is 4. The Morgan fingerprint density at radius 1 is 1.13 bits per heavy atom. The van der Waals surface area contributed by atoms with E-state index < -0.39 is 0 Å². The number of imidazole rings is 1. The number of nitrogens with zero attached hydrogens (tertiary/aromatic N) is 6. The van der Waals surface area contributed by atoms with Crippen molar-refractivity contribution in [1.29, 1.82) is 10.5 Å². The first-order valence-electron chi connectivity index (χ1n) is 10.4. The van der Waals surface area contributed by atoms with Crippen LogP contribution >= 0.6 is 12.4 Å². The van der Waals surface area contributed by atoms with Crippen LogP contribution in [0.4, 0.5) is 5.82 Å². The fourth-order valence-corrected chi connectivity index (χ4v) is 4.86. The summed E-state index contributed by atoms with van der Waals surface area (Å²) in [5, 5.41) is 19.3. The van der Waals surface area contributed by atoms with E-state index in [1.54, 1.807) is 6.92 Å². The summed E-state index contributed by atoms with van der Waals surface area (Å²) in [6.45, 7) is 4.26. The van der Waals surface area contributed by atoms with Gasteiger partial charge in [0.05, 0.1) is 22.7 Å². The van der Waals surface area contributed by atoms with Crippen LogP contribution in [0.2, 0.25) is 0 Å². The number of para-hydroxylation sites is 2. The molecule has 4 heterocycles. The van der Waals surface area contributed by atoms with E-state index in [2.05, 4.69) is 21.4 Å². The lowest BCUT2D eigenvalue weighted by Crippen LogP contribution is -2.39. The monoisotopic (exact) mass is 434 g/mol. The van der Waals surface area contributed by atoms with Crippen molar-refractivity contribution in [3.8, 4) is 12.1 Å². The largest absolute Gasteiger partial charge is 0.357 e. The highest BCUT2D eigenvalue weighted by Crippen LogP contribution is 2.38. The fourth-order valence-electron chi connectivity index (χ4n) is 4.86. The number of amides is 1. The number of anilines is 1. The Kier molecular flexibility index (Phi) is 5.47. The maximum atomic E-state index is 12.2. The Morgan fingerprint density at radius 2 is 1.87 bits per heavy atom. The van der Waals surface area contributed by atoms with Gasteiger partial charge in [0.15, 0.2) is 5.65 Å². The number of rotatable bonds is 1. The molecule has 0 aliphatic carbocycles. The van der Waals surface area contributed by atoms with Gasteiger partial charge in [0.25, 0.3) is 0 Å². The summed E-state index contributed by atoms with van der Waals surface area (Å²) in [6.07, 6.45) is 2.28. The number of hydrogen-bond donors (Lipinski definition) is 0. The minimum Gasteiger partial charge on any atom is -0.357 e. The van der Waals surface area contributed by atoms with Crippen LogP contribution in [0.3, 0.4) is 0 Å². The Labute approximate surface area is 186 Å². The smallest absolute Gasteiger partial charge is 0.219 e. The van der Waals surface area contributed by atoms with Crippen molar-refractivity contribution < 1.29 is 4.79 Å². The van der Waals surface area contributed by atoms with Crippen LogP contribution < -0.4 is 4.90 Å². The Hall–Kier alpha value is -3.29. The minimum absolute atomic E-state index is 0. The zero-order valence-electron chi connectivity index (χ0n) is 17.3. The molecule has 0 saturated carbocycles. The summed E-state index contributed by atoms with van der Waals surface area (Å²) >= 11 is 0. The van der Waals surface area contributed by atoms with Crippen molar-refractivity contribution in [3.63, 3.8) is 0 Å². The van der Waals surface area contributed by atoms with Gasteiger partial charge >= 0.3 is 0 Å². The molecule has 1 fully saturated rings. The Morgan fingerprint density at radius 3 is 2.55 bits per heavy atom. The van der Waals surface area contributed by atoms with Crippen LogP contribution in [0.25, 0.3) is 16.7 Å². The van der Waals surface area contributed by atoms with Crippen molar-refractivity contribution in [1.82, 2.24) is 14.3 Å². The van der Waals surface area contributed by atoms with Crippen molar-refractivity contribution in [3.05, 3.63) is 41.0 Å². The number of nitriles is 2. The summed E-state index contributed by atoms with van der Waals surface area (Å²) in [7, 11) is 0. The van der Waals surface area contributed by atoms with Crippen LogP contribution in [0, 0.1) is 28.6 Å². The zero-order chi connectivity index (χ0) is 20.8. The Balaban J connectivity index is 0.00000231. The van der Waals surface area contributed by atoms with Crippen LogP contribution in [0.1, 0.15) is 36.5 Å². The van der Waals surface area contributed by atoms with Gasteiger partial charge < -0.3 is 9.80 Å². The molecule has 5 rings (SSSR count). The van der Waals surface area contributed by atoms with Gasteiger partial charge in [0.1, 0.15) is 11.9 Å². The maximum absolute atomic E-state index is 12.2. The number of hydrogen-bond acceptors (Lipinski definition) is 5. The number of pyridine rings is 1. The molecule has 0 N–H and O–H groups in total. The van der Waals surface area contributed by atoms with Crippen LogP contribution in [-0.4, -0.2) is 39.8 Å². The molecule has 31 heavy (non-hydrogen) atoms. The molecular weight excluding hydrogens is 412 g/mol. The highest BCUT2D eigenvalue weighted by molar-refractivity contribution is 5.87. The standard InChI is InChI=1S/C23H22N6O.ClH/c1-15(30)28-11-8-17-18(13-25)22-26-20-4-2-3-5-21(20)29(22)23(19(17)14-28)27-9-6-16(12-24)7-10-27;/h2-5,16H,6-11,14H2,1H3;1H. The van der Waals surface area contributed by atoms with Crippen LogP contribution in [0.5, 0.6) is 0 Å². The lowest BCUT2D eigenvalue weighted by atomic mass is 9.93. The number of carbonyl (C=O) groups excluding carboxylic acids is 1. The van der Waals surface area contributed by atoms with Gasteiger partial charge in [-0.05, 0) is 37.0 Å². The Bertz CT molecular complexity index is 1260. The lowest BCUT2D eigenvalue weighted by Gasteiger charge is -2.37. The second-order valence-corrected chi connectivity index (χ2v) is 8.11.